The lowest BCUT2D eigenvalue weighted by Crippen LogP contribution is -2.23. The zero-order valence-corrected chi connectivity index (χ0v) is 13.3. The van der Waals surface area contributed by atoms with E-state index in [4.69, 9.17) is 0 Å². The van der Waals surface area contributed by atoms with Gasteiger partial charge in [-0.2, -0.15) is 0 Å². The van der Waals surface area contributed by atoms with E-state index in [-0.39, 0.29) is 18.1 Å². The van der Waals surface area contributed by atoms with Crippen LogP contribution < -0.4 is 10.6 Å². The van der Waals surface area contributed by atoms with Crippen molar-refractivity contribution in [3.05, 3.63) is 59.7 Å². The second-order valence-corrected chi connectivity index (χ2v) is 5.31. The summed E-state index contributed by atoms with van der Waals surface area (Å²) in [7, 11) is 3.29. The van der Waals surface area contributed by atoms with Crippen LogP contribution in [0.3, 0.4) is 0 Å². The van der Waals surface area contributed by atoms with Crippen LogP contribution in [0.5, 0.6) is 0 Å². The van der Waals surface area contributed by atoms with Gasteiger partial charge in [-0.15, -0.1) is 0 Å². The zero-order chi connectivity index (χ0) is 17.7. The molecule has 0 aliphatic rings. The molecular formula is C17H17F2N3O2. The van der Waals surface area contributed by atoms with Crippen LogP contribution in [0.2, 0.25) is 0 Å². The predicted octanol–water partition coefficient (Wildman–Crippen LogP) is 2.72. The molecule has 0 bridgehead atoms. The molecule has 2 aromatic rings. The second kappa shape index (κ2) is 7.54. The van der Waals surface area contributed by atoms with Crippen molar-refractivity contribution in [2.75, 3.05) is 31.3 Å². The molecule has 126 valence electrons. The van der Waals surface area contributed by atoms with Crippen molar-refractivity contribution in [1.82, 2.24) is 4.90 Å². The van der Waals surface area contributed by atoms with E-state index in [1.165, 1.54) is 4.90 Å². The van der Waals surface area contributed by atoms with E-state index in [2.05, 4.69) is 10.6 Å². The Balaban J connectivity index is 1.96. The van der Waals surface area contributed by atoms with E-state index in [1.54, 1.807) is 38.4 Å². The lowest BCUT2D eigenvalue weighted by Gasteiger charge is -2.12. The van der Waals surface area contributed by atoms with E-state index in [0.717, 1.165) is 12.1 Å². The summed E-state index contributed by atoms with van der Waals surface area (Å²) < 4.78 is 26.3. The summed E-state index contributed by atoms with van der Waals surface area (Å²) in [5, 5.41) is 5.20. The highest BCUT2D eigenvalue weighted by atomic mass is 19.1. The van der Waals surface area contributed by atoms with Gasteiger partial charge in [0, 0.05) is 31.4 Å². The third-order valence-corrected chi connectivity index (χ3v) is 3.17. The zero-order valence-electron chi connectivity index (χ0n) is 13.3. The van der Waals surface area contributed by atoms with Gasteiger partial charge in [0.2, 0.25) is 5.91 Å². The Kier molecular flexibility index (Phi) is 5.47. The molecule has 0 aromatic heterocycles. The third-order valence-electron chi connectivity index (χ3n) is 3.17. The molecule has 0 aliphatic carbocycles. The van der Waals surface area contributed by atoms with Crippen molar-refractivity contribution in [2.45, 2.75) is 0 Å². The highest BCUT2D eigenvalue weighted by Gasteiger charge is 2.10. The molecule has 0 fully saturated rings. The van der Waals surface area contributed by atoms with E-state index in [1.807, 2.05) is 0 Å². The van der Waals surface area contributed by atoms with Gasteiger partial charge in [-0.3, -0.25) is 9.59 Å². The molecule has 2 N–H and O–H groups in total. The maximum Gasteiger partial charge on any atom is 0.253 e. The van der Waals surface area contributed by atoms with Gasteiger partial charge in [0.25, 0.3) is 5.91 Å². The Morgan fingerprint density at radius 1 is 1.08 bits per heavy atom. The number of carbonyl (C=O) groups excluding carboxylic acids is 2. The van der Waals surface area contributed by atoms with Gasteiger partial charge < -0.3 is 15.5 Å². The fourth-order valence-electron chi connectivity index (χ4n) is 1.99. The Morgan fingerprint density at radius 2 is 1.83 bits per heavy atom. The summed E-state index contributed by atoms with van der Waals surface area (Å²) in [6, 6.07) is 9.59. The minimum absolute atomic E-state index is 0.0975. The normalized spacial score (nSPS) is 10.2. The molecule has 2 amide bonds. The summed E-state index contributed by atoms with van der Waals surface area (Å²) in [6.07, 6.45) is 0. The first-order valence-corrected chi connectivity index (χ1v) is 7.17. The van der Waals surface area contributed by atoms with Crippen molar-refractivity contribution >= 4 is 23.2 Å². The maximum absolute atomic E-state index is 13.5. The summed E-state index contributed by atoms with van der Waals surface area (Å²) >= 11 is 0. The number of halogens is 2. The first-order valence-electron chi connectivity index (χ1n) is 7.17. The molecule has 0 unspecified atom stereocenters. The number of rotatable bonds is 5. The van der Waals surface area contributed by atoms with Gasteiger partial charge in [-0.1, -0.05) is 6.07 Å². The molecule has 0 spiro atoms. The van der Waals surface area contributed by atoms with Gasteiger partial charge in [-0.25, -0.2) is 8.78 Å². The van der Waals surface area contributed by atoms with Crippen LogP contribution in [-0.4, -0.2) is 37.4 Å². The molecule has 0 saturated heterocycles. The monoisotopic (exact) mass is 333 g/mol. The molecule has 0 aliphatic heterocycles. The number of carbonyl (C=O) groups is 2. The number of nitrogens with one attached hydrogen (secondary N) is 2. The number of amides is 2. The molecule has 0 saturated carbocycles. The largest absolute Gasteiger partial charge is 0.376 e. The molecule has 2 rings (SSSR count). The first kappa shape index (κ1) is 17.4. The lowest BCUT2D eigenvalue weighted by molar-refractivity contribution is -0.114. The van der Waals surface area contributed by atoms with Crippen LogP contribution in [0.25, 0.3) is 0 Å². The summed E-state index contributed by atoms with van der Waals surface area (Å²) in [5.41, 5.74) is 0.965. The van der Waals surface area contributed by atoms with Crippen molar-refractivity contribution in [2.24, 2.45) is 0 Å². The van der Waals surface area contributed by atoms with Crippen LogP contribution >= 0.6 is 0 Å². The Labute approximate surface area is 138 Å². The molecule has 0 radical (unpaired) electrons. The van der Waals surface area contributed by atoms with Crippen molar-refractivity contribution in [3.8, 4) is 0 Å². The van der Waals surface area contributed by atoms with Gasteiger partial charge in [-0.05, 0) is 30.3 Å². The number of benzene rings is 2. The standard InChI is InChI=1S/C17H17F2N3O2/c1-22(2)17(24)11-4-3-5-13(8-11)20-10-16(23)21-15-7-6-12(18)9-14(15)19/h3-9,20H,10H2,1-2H3,(H,21,23). The Bertz CT molecular complexity index is 763. The van der Waals surface area contributed by atoms with E-state index >= 15 is 0 Å². The lowest BCUT2D eigenvalue weighted by atomic mass is 10.2. The van der Waals surface area contributed by atoms with Gasteiger partial charge in [0.1, 0.15) is 11.6 Å². The third kappa shape index (κ3) is 4.52. The molecule has 0 atom stereocenters. The first-order chi connectivity index (χ1) is 11.4. The molecule has 5 nitrogen and oxygen atoms in total. The fourth-order valence-corrected chi connectivity index (χ4v) is 1.99. The van der Waals surface area contributed by atoms with E-state index in [9.17, 15) is 18.4 Å². The number of hydrogen-bond acceptors (Lipinski definition) is 3. The minimum atomic E-state index is -0.845. The van der Waals surface area contributed by atoms with Gasteiger partial charge >= 0.3 is 0 Å². The Morgan fingerprint density at radius 3 is 2.50 bits per heavy atom. The van der Waals surface area contributed by atoms with Crippen LogP contribution in [0.4, 0.5) is 20.2 Å². The van der Waals surface area contributed by atoms with Crippen molar-refractivity contribution in [1.29, 1.82) is 0 Å². The minimum Gasteiger partial charge on any atom is -0.376 e. The SMILES string of the molecule is CN(C)C(=O)c1cccc(NCC(=O)Nc2ccc(F)cc2F)c1. The molecule has 7 heteroatoms. The smallest absolute Gasteiger partial charge is 0.253 e. The summed E-state index contributed by atoms with van der Waals surface area (Å²) in [6.45, 7) is -0.129. The van der Waals surface area contributed by atoms with E-state index < -0.39 is 17.5 Å². The van der Waals surface area contributed by atoms with Gasteiger partial charge in [0.15, 0.2) is 0 Å². The van der Waals surface area contributed by atoms with Crippen LogP contribution in [-0.2, 0) is 4.79 Å². The Hall–Kier alpha value is -2.96. The second-order valence-electron chi connectivity index (χ2n) is 5.31. The maximum atomic E-state index is 13.5. The van der Waals surface area contributed by atoms with Gasteiger partial charge in [0.05, 0.1) is 12.2 Å². The topological polar surface area (TPSA) is 61.4 Å². The van der Waals surface area contributed by atoms with E-state index in [0.29, 0.717) is 17.3 Å². The molecule has 2 aromatic carbocycles. The van der Waals surface area contributed by atoms with Crippen LogP contribution in [0.1, 0.15) is 10.4 Å². The highest BCUT2D eigenvalue weighted by molar-refractivity contribution is 5.96. The van der Waals surface area contributed by atoms with Crippen molar-refractivity contribution < 1.29 is 18.4 Å². The average Bonchev–Trinajstić information content (AvgIpc) is 2.55. The van der Waals surface area contributed by atoms with Crippen LogP contribution in [0.15, 0.2) is 42.5 Å². The molecule has 24 heavy (non-hydrogen) atoms. The summed E-state index contributed by atoms with van der Waals surface area (Å²) in [5.74, 6) is -2.21. The quantitative estimate of drug-likeness (QED) is 0.884. The van der Waals surface area contributed by atoms with Crippen LogP contribution in [0, 0.1) is 11.6 Å². The fraction of sp³-hybridized carbons (Fsp3) is 0.176. The molecular weight excluding hydrogens is 316 g/mol. The predicted molar refractivity (Wildman–Crippen MR) is 87.9 cm³/mol. The van der Waals surface area contributed by atoms with Crippen molar-refractivity contribution in [3.63, 3.8) is 0 Å². The number of anilines is 2. The number of hydrogen-bond donors (Lipinski definition) is 2. The molecule has 0 heterocycles. The highest BCUT2D eigenvalue weighted by Crippen LogP contribution is 2.15. The number of nitrogens with zero attached hydrogens (tertiary/aromatic N) is 1. The summed E-state index contributed by atoms with van der Waals surface area (Å²) in [4.78, 5) is 25.2. The average molecular weight is 333 g/mol.